The lowest BCUT2D eigenvalue weighted by atomic mass is 10.1. The third-order valence-electron chi connectivity index (χ3n) is 7.50. The molecule has 8 rings (SSSR count). The molecule has 0 spiro atoms. The fourth-order valence-electron chi connectivity index (χ4n) is 5.21. The molecular formula is C34H28N4O8. The Balaban J connectivity index is 0.000000155. The minimum atomic E-state index is 0.250. The molecule has 4 aliphatic heterocycles. The van der Waals surface area contributed by atoms with Crippen molar-refractivity contribution in [3.05, 3.63) is 117 Å². The monoisotopic (exact) mass is 620 g/mol. The van der Waals surface area contributed by atoms with Gasteiger partial charge >= 0.3 is 12.3 Å². The Labute approximate surface area is 263 Å². The predicted octanol–water partition coefficient (Wildman–Crippen LogP) is 3.59. The molecule has 0 atom stereocenters. The Morgan fingerprint density at radius 3 is 1.07 bits per heavy atom. The van der Waals surface area contributed by atoms with Gasteiger partial charge in [-0.25, -0.2) is 0 Å². The summed E-state index contributed by atoms with van der Waals surface area (Å²) in [6.45, 7) is 3.44. The molecule has 4 heterocycles. The number of benzene rings is 4. The van der Waals surface area contributed by atoms with Crippen LogP contribution in [0.2, 0.25) is 0 Å². The number of fused-ring (bicyclic) bond motifs is 6. The highest BCUT2D eigenvalue weighted by atomic mass is 16.5. The molecule has 12 nitrogen and oxygen atoms in total. The molecule has 4 aliphatic rings. The van der Waals surface area contributed by atoms with Crippen LogP contribution in [0.25, 0.3) is 0 Å². The van der Waals surface area contributed by atoms with Gasteiger partial charge in [-0.2, -0.15) is 19.2 Å². The summed E-state index contributed by atoms with van der Waals surface area (Å²) in [4.78, 5) is 41.0. The van der Waals surface area contributed by atoms with Crippen molar-refractivity contribution in [2.24, 2.45) is 21.5 Å². The molecule has 232 valence electrons. The van der Waals surface area contributed by atoms with Crippen LogP contribution in [0, 0.1) is 0 Å². The summed E-state index contributed by atoms with van der Waals surface area (Å²) in [5.74, 6) is 4.16. The van der Waals surface area contributed by atoms with E-state index in [-0.39, 0.29) is 12.3 Å². The fourth-order valence-corrected chi connectivity index (χ4v) is 5.21. The molecule has 0 aromatic heterocycles. The number of aliphatic imine (C=N–C) groups is 2. The molecule has 4 aromatic carbocycles. The second-order valence-electron chi connectivity index (χ2n) is 10.2. The van der Waals surface area contributed by atoms with Gasteiger partial charge in [0, 0.05) is 11.1 Å². The van der Waals surface area contributed by atoms with Crippen molar-refractivity contribution >= 4 is 24.0 Å². The zero-order valence-electron chi connectivity index (χ0n) is 24.5. The maximum atomic E-state index is 8.12. The minimum absolute atomic E-state index is 0.250. The van der Waals surface area contributed by atoms with Crippen molar-refractivity contribution < 1.29 is 38.1 Å². The molecule has 0 bridgehead atoms. The Kier molecular flexibility index (Phi) is 9.84. The molecule has 0 saturated carbocycles. The Hall–Kier alpha value is -6.22. The standard InChI is InChI=1S/2C16H14N2O2.2CO2/c2*17-16-13-6-15-14(5-12(13)7-18-16)19-8-10-3-1-2-4-11(10)9-20-15;2*2-1-3/h2*1-6H,7-9H2,(H2,17,18);;. The van der Waals surface area contributed by atoms with Gasteiger partial charge in [-0.1, -0.05) is 48.5 Å². The quantitative estimate of drug-likeness (QED) is 0.295. The van der Waals surface area contributed by atoms with E-state index in [1.807, 2.05) is 48.5 Å². The van der Waals surface area contributed by atoms with Crippen LogP contribution in [0.5, 0.6) is 23.0 Å². The smallest absolute Gasteiger partial charge is 0.373 e. The van der Waals surface area contributed by atoms with Gasteiger partial charge in [-0.3, -0.25) is 9.98 Å². The maximum absolute atomic E-state index is 8.12. The first-order valence-corrected chi connectivity index (χ1v) is 14.0. The van der Waals surface area contributed by atoms with Crippen LogP contribution in [-0.4, -0.2) is 24.0 Å². The topological polar surface area (TPSA) is 182 Å². The highest BCUT2D eigenvalue weighted by Gasteiger charge is 2.22. The predicted molar refractivity (Wildman–Crippen MR) is 162 cm³/mol. The largest absolute Gasteiger partial charge is 0.485 e. The van der Waals surface area contributed by atoms with E-state index >= 15 is 0 Å². The number of ether oxygens (including phenoxy) is 4. The van der Waals surface area contributed by atoms with Gasteiger partial charge in [-0.05, 0) is 57.6 Å². The van der Waals surface area contributed by atoms with Crippen LogP contribution in [0.15, 0.2) is 82.8 Å². The van der Waals surface area contributed by atoms with E-state index in [9.17, 15) is 0 Å². The highest BCUT2D eigenvalue weighted by molar-refractivity contribution is 6.02. The highest BCUT2D eigenvalue weighted by Crippen LogP contribution is 2.37. The molecular weight excluding hydrogens is 592 g/mol. The molecule has 0 radical (unpaired) electrons. The van der Waals surface area contributed by atoms with E-state index in [4.69, 9.17) is 49.6 Å². The van der Waals surface area contributed by atoms with E-state index in [0.717, 1.165) is 67.5 Å². The molecule has 0 unspecified atom stereocenters. The third-order valence-corrected chi connectivity index (χ3v) is 7.50. The summed E-state index contributed by atoms with van der Waals surface area (Å²) in [6.07, 6.45) is 0.500. The lowest BCUT2D eigenvalue weighted by molar-refractivity contribution is -0.193. The van der Waals surface area contributed by atoms with E-state index in [2.05, 4.69) is 34.3 Å². The van der Waals surface area contributed by atoms with Crippen LogP contribution in [0.4, 0.5) is 0 Å². The lowest BCUT2D eigenvalue weighted by Gasteiger charge is -2.20. The van der Waals surface area contributed by atoms with Crippen LogP contribution in [0.3, 0.4) is 0 Å². The summed E-state index contributed by atoms with van der Waals surface area (Å²) in [6, 6.07) is 24.2. The average Bonchev–Trinajstić information content (AvgIpc) is 3.60. The van der Waals surface area contributed by atoms with Gasteiger partial charge in [0.15, 0.2) is 23.0 Å². The zero-order chi connectivity index (χ0) is 32.5. The minimum Gasteiger partial charge on any atom is -0.485 e. The summed E-state index contributed by atoms with van der Waals surface area (Å²) in [5, 5.41) is 0. The van der Waals surface area contributed by atoms with Crippen molar-refractivity contribution in [3.63, 3.8) is 0 Å². The summed E-state index contributed by atoms with van der Waals surface area (Å²) >= 11 is 0. The van der Waals surface area contributed by atoms with Gasteiger partial charge in [0.2, 0.25) is 0 Å². The second-order valence-corrected chi connectivity index (χ2v) is 10.2. The number of amidine groups is 2. The van der Waals surface area contributed by atoms with E-state index in [0.29, 0.717) is 51.2 Å². The number of carbonyl (C=O) groups excluding carboxylic acids is 4. The number of rotatable bonds is 0. The van der Waals surface area contributed by atoms with Crippen LogP contribution in [-0.2, 0) is 58.7 Å². The molecule has 0 saturated heterocycles. The summed E-state index contributed by atoms with van der Waals surface area (Å²) in [5.41, 5.74) is 20.5. The second kappa shape index (κ2) is 14.5. The van der Waals surface area contributed by atoms with E-state index in [1.54, 1.807) is 0 Å². The van der Waals surface area contributed by atoms with Gasteiger partial charge < -0.3 is 30.4 Å². The summed E-state index contributed by atoms with van der Waals surface area (Å²) in [7, 11) is 0. The first-order chi connectivity index (χ1) is 22.4. The maximum Gasteiger partial charge on any atom is 0.373 e. The van der Waals surface area contributed by atoms with E-state index < -0.39 is 0 Å². The normalized spacial score (nSPS) is 14.0. The lowest BCUT2D eigenvalue weighted by Crippen LogP contribution is -2.12. The number of hydrogen-bond donors (Lipinski definition) is 2. The van der Waals surface area contributed by atoms with Crippen molar-refractivity contribution in [3.8, 4) is 23.0 Å². The van der Waals surface area contributed by atoms with Gasteiger partial charge in [0.25, 0.3) is 0 Å². The van der Waals surface area contributed by atoms with Crippen LogP contribution in [0.1, 0.15) is 44.5 Å². The fraction of sp³-hybridized carbons (Fsp3) is 0.176. The number of nitrogens with two attached hydrogens (primary N) is 2. The van der Waals surface area contributed by atoms with Gasteiger partial charge in [0.1, 0.15) is 38.1 Å². The molecule has 4 N–H and O–H groups in total. The number of nitrogens with zero attached hydrogens (tertiary/aromatic N) is 2. The Morgan fingerprint density at radius 1 is 0.478 bits per heavy atom. The first-order valence-electron chi connectivity index (χ1n) is 14.0. The Bertz CT molecular complexity index is 1750. The van der Waals surface area contributed by atoms with Crippen molar-refractivity contribution in [1.82, 2.24) is 0 Å². The molecule has 12 heteroatoms. The van der Waals surface area contributed by atoms with Crippen molar-refractivity contribution in [2.45, 2.75) is 39.5 Å². The van der Waals surface area contributed by atoms with E-state index in [1.165, 1.54) is 0 Å². The number of hydrogen-bond acceptors (Lipinski definition) is 12. The first kappa shape index (κ1) is 31.2. The molecule has 0 amide bonds. The SMILES string of the molecule is NC1=NCc2cc3c(cc21)OCc1ccccc1CO3.NC1=NCc2cc3c(cc21)OCc1ccccc1CO3.O=C=O.O=C=O. The third kappa shape index (κ3) is 6.95. The Morgan fingerprint density at radius 2 is 0.761 bits per heavy atom. The van der Waals surface area contributed by atoms with Crippen molar-refractivity contribution in [1.29, 1.82) is 0 Å². The summed E-state index contributed by atoms with van der Waals surface area (Å²) < 4.78 is 23.6. The zero-order valence-corrected chi connectivity index (χ0v) is 24.5. The molecule has 46 heavy (non-hydrogen) atoms. The van der Waals surface area contributed by atoms with Crippen molar-refractivity contribution in [2.75, 3.05) is 0 Å². The van der Waals surface area contributed by atoms with Gasteiger partial charge in [0.05, 0.1) is 13.1 Å². The molecule has 0 fully saturated rings. The van der Waals surface area contributed by atoms with Crippen LogP contribution >= 0.6 is 0 Å². The molecule has 0 aliphatic carbocycles. The average molecular weight is 621 g/mol. The molecule has 4 aromatic rings. The van der Waals surface area contributed by atoms with Crippen LogP contribution < -0.4 is 30.4 Å². The van der Waals surface area contributed by atoms with Gasteiger partial charge in [-0.15, -0.1) is 0 Å².